The quantitative estimate of drug-likeness (QED) is 0.941. The highest BCUT2D eigenvalue weighted by Gasteiger charge is 2.22. The summed E-state index contributed by atoms with van der Waals surface area (Å²) in [6.07, 6.45) is 1.18. The number of aromatic nitrogens is 1. The van der Waals surface area contributed by atoms with E-state index >= 15 is 0 Å². The fourth-order valence-electron chi connectivity index (χ4n) is 2.86. The van der Waals surface area contributed by atoms with Crippen LogP contribution in [0.5, 0.6) is 0 Å². The zero-order valence-electron chi connectivity index (χ0n) is 12.0. The minimum atomic E-state index is 0.0290. The molecule has 2 N–H and O–H groups in total. The van der Waals surface area contributed by atoms with E-state index in [0.717, 1.165) is 23.8 Å². The minimum absolute atomic E-state index is 0.0290. The Morgan fingerprint density at radius 3 is 3.00 bits per heavy atom. The standard InChI is InChI=1S/C16H21N3S/c1-11-7-13-5-3-4-6-15(13)19(8-11)9-14-10-20-16(18-14)12(2)17/h3-6,10-12H,7-9,17H2,1-2H3. The van der Waals surface area contributed by atoms with E-state index in [1.165, 1.54) is 17.7 Å². The van der Waals surface area contributed by atoms with Crippen LogP contribution in [-0.2, 0) is 13.0 Å². The molecule has 106 valence electrons. The van der Waals surface area contributed by atoms with Gasteiger partial charge in [0, 0.05) is 17.6 Å². The fourth-order valence-corrected chi connectivity index (χ4v) is 3.62. The lowest BCUT2D eigenvalue weighted by molar-refractivity contribution is 0.528. The van der Waals surface area contributed by atoms with Gasteiger partial charge in [0.15, 0.2) is 0 Å². The Hall–Kier alpha value is -1.39. The summed E-state index contributed by atoms with van der Waals surface area (Å²) in [6.45, 7) is 6.28. The Kier molecular flexibility index (Phi) is 3.76. The van der Waals surface area contributed by atoms with Gasteiger partial charge in [-0.05, 0) is 30.9 Å². The van der Waals surface area contributed by atoms with Gasteiger partial charge in [0.25, 0.3) is 0 Å². The molecule has 0 radical (unpaired) electrons. The fraction of sp³-hybridized carbons (Fsp3) is 0.438. The van der Waals surface area contributed by atoms with Crippen LogP contribution in [0.25, 0.3) is 0 Å². The first-order valence-electron chi connectivity index (χ1n) is 7.16. The van der Waals surface area contributed by atoms with Crippen LogP contribution in [0.1, 0.15) is 36.2 Å². The molecule has 0 amide bonds. The average Bonchev–Trinajstić information content (AvgIpc) is 2.87. The molecule has 0 spiro atoms. The van der Waals surface area contributed by atoms with Gasteiger partial charge < -0.3 is 10.6 Å². The van der Waals surface area contributed by atoms with Crippen molar-refractivity contribution in [3.8, 4) is 0 Å². The number of rotatable bonds is 3. The number of hydrogen-bond acceptors (Lipinski definition) is 4. The lowest BCUT2D eigenvalue weighted by Gasteiger charge is -2.34. The summed E-state index contributed by atoms with van der Waals surface area (Å²) in [5.41, 5.74) is 9.84. The topological polar surface area (TPSA) is 42.1 Å². The second kappa shape index (κ2) is 5.54. The van der Waals surface area contributed by atoms with E-state index in [-0.39, 0.29) is 6.04 Å². The van der Waals surface area contributed by atoms with Crippen molar-refractivity contribution < 1.29 is 0 Å². The Labute approximate surface area is 124 Å². The van der Waals surface area contributed by atoms with Gasteiger partial charge in [-0.1, -0.05) is 25.1 Å². The summed E-state index contributed by atoms with van der Waals surface area (Å²) >= 11 is 1.67. The molecule has 1 aliphatic rings. The van der Waals surface area contributed by atoms with Crippen LogP contribution in [0.4, 0.5) is 5.69 Å². The molecular weight excluding hydrogens is 266 g/mol. The molecule has 0 saturated heterocycles. The van der Waals surface area contributed by atoms with Crippen molar-refractivity contribution in [3.05, 3.63) is 45.9 Å². The summed E-state index contributed by atoms with van der Waals surface area (Å²) in [4.78, 5) is 7.10. The third-order valence-corrected chi connectivity index (χ3v) is 4.84. The highest BCUT2D eigenvalue weighted by atomic mass is 32.1. The van der Waals surface area contributed by atoms with Crippen molar-refractivity contribution in [2.75, 3.05) is 11.4 Å². The molecule has 2 heterocycles. The zero-order valence-corrected chi connectivity index (χ0v) is 12.9. The molecule has 2 aromatic rings. The first kappa shape index (κ1) is 13.6. The van der Waals surface area contributed by atoms with E-state index < -0.39 is 0 Å². The second-order valence-electron chi connectivity index (χ2n) is 5.78. The lowest BCUT2D eigenvalue weighted by Crippen LogP contribution is -2.33. The highest BCUT2D eigenvalue weighted by molar-refractivity contribution is 7.09. The number of para-hydroxylation sites is 1. The van der Waals surface area contributed by atoms with Crippen molar-refractivity contribution >= 4 is 17.0 Å². The maximum atomic E-state index is 5.89. The summed E-state index contributed by atoms with van der Waals surface area (Å²) in [5, 5.41) is 3.17. The third kappa shape index (κ3) is 2.72. The number of nitrogens with zero attached hydrogens (tertiary/aromatic N) is 2. The zero-order chi connectivity index (χ0) is 14.1. The van der Waals surface area contributed by atoms with E-state index in [1.807, 2.05) is 6.92 Å². The molecule has 3 nitrogen and oxygen atoms in total. The van der Waals surface area contributed by atoms with Gasteiger partial charge in [-0.2, -0.15) is 0 Å². The minimum Gasteiger partial charge on any atom is -0.365 e. The molecule has 3 rings (SSSR count). The molecule has 1 aromatic heterocycles. The predicted molar refractivity (Wildman–Crippen MR) is 85.1 cm³/mol. The Balaban J connectivity index is 1.83. The van der Waals surface area contributed by atoms with Gasteiger partial charge in [0.05, 0.1) is 18.3 Å². The van der Waals surface area contributed by atoms with Crippen LogP contribution < -0.4 is 10.6 Å². The molecule has 0 saturated carbocycles. The van der Waals surface area contributed by atoms with Crippen LogP contribution in [0.15, 0.2) is 29.6 Å². The Morgan fingerprint density at radius 1 is 1.45 bits per heavy atom. The highest BCUT2D eigenvalue weighted by Crippen LogP contribution is 2.30. The number of benzene rings is 1. The lowest BCUT2D eigenvalue weighted by atomic mass is 9.94. The summed E-state index contributed by atoms with van der Waals surface area (Å²) < 4.78 is 0. The number of thiazole rings is 1. The van der Waals surface area contributed by atoms with Gasteiger partial charge in [-0.15, -0.1) is 11.3 Å². The van der Waals surface area contributed by atoms with Crippen LogP contribution in [-0.4, -0.2) is 11.5 Å². The Bertz CT molecular complexity index is 591. The van der Waals surface area contributed by atoms with E-state index in [4.69, 9.17) is 5.73 Å². The summed E-state index contributed by atoms with van der Waals surface area (Å²) in [6, 6.07) is 8.75. The Morgan fingerprint density at radius 2 is 2.25 bits per heavy atom. The second-order valence-corrected chi connectivity index (χ2v) is 6.67. The van der Waals surface area contributed by atoms with Crippen molar-refractivity contribution in [3.63, 3.8) is 0 Å². The predicted octanol–water partition coefficient (Wildman–Crippen LogP) is 3.36. The average molecular weight is 287 g/mol. The van der Waals surface area contributed by atoms with Gasteiger partial charge in [0.2, 0.25) is 0 Å². The van der Waals surface area contributed by atoms with Crippen LogP contribution >= 0.6 is 11.3 Å². The molecule has 2 atom stereocenters. The largest absolute Gasteiger partial charge is 0.365 e. The van der Waals surface area contributed by atoms with Gasteiger partial charge in [-0.3, -0.25) is 0 Å². The molecule has 2 unspecified atom stereocenters. The summed E-state index contributed by atoms with van der Waals surface area (Å²) in [7, 11) is 0. The van der Waals surface area contributed by atoms with Crippen molar-refractivity contribution in [1.82, 2.24) is 4.98 Å². The van der Waals surface area contributed by atoms with Gasteiger partial charge in [-0.25, -0.2) is 4.98 Å². The molecular formula is C16H21N3S. The van der Waals surface area contributed by atoms with Crippen LogP contribution in [0, 0.1) is 5.92 Å². The van der Waals surface area contributed by atoms with E-state index in [0.29, 0.717) is 5.92 Å². The van der Waals surface area contributed by atoms with E-state index in [2.05, 4.69) is 46.5 Å². The van der Waals surface area contributed by atoms with Crippen LogP contribution in [0.3, 0.4) is 0 Å². The normalized spacial score (nSPS) is 19.8. The van der Waals surface area contributed by atoms with Crippen molar-refractivity contribution in [2.24, 2.45) is 11.7 Å². The number of anilines is 1. The van der Waals surface area contributed by atoms with Gasteiger partial charge >= 0.3 is 0 Å². The van der Waals surface area contributed by atoms with Crippen LogP contribution in [0.2, 0.25) is 0 Å². The summed E-state index contributed by atoms with van der Waals surface area (Å²) in [5.74, 6) is 0.691. The molecule has 1 aliphatic heterocycles. The maximum Gasteiger partial charge on any atom is 0.109 e. The molecule has 4 heteroatoms. The number of fused-ring (bicyclic) bond motifs is 1. The molecule has 0 bridgehead atoms. The van der Waals surface area contributed by atoms with Crippen molar-refractivity contribution in [2.45, 2.75) is 32.9 Å². The molecule has 20 heavy (non-hydrogen) atoms. The monoisotopic (exact) mass is 287 g/mol. The molecule has 0 aliphatic carbocycles. The molecule has 0 fully saturated rings. The smallest absolute Gasteiger partial charge is 0.109 e. The third-order valence-electron chi connectivity index (χ3n) is 3.74. The first-order chi connectivity index (χ1) is 9.63. The van der Waals surface area contributed by atoms with Gasteiger partial charge in [0.1, 0.15) is 5.01 Å². The number of nitrogens with two attached hydrogens (primary N) is 1. The van der Waals surface area contributed by atoms with E-state index in [1.54, 1.807) is 11.3 Å². The van der Waals surface area contributed by atoms with E-state index in [9.17, 15) is 0 Å². The molecule has 1 aromatic carbocycles. The maximum absolute atomic E-state index is 5.89. The SMILES string of the molecule is CC1Cc2ccccc2N(Cc2csc(C(C)N)n2)C1. The number of hydrogen-bond donors (Lipinski definition) is 1. The first-order valence-corrected chi connectivity index (χ1v) is 8.04. The van der Waals surface area contributed by atoms with Crippen molar-refractivity contribution in [1.29, 1.82) is 0 Å².